The molecular weight excluding hydrogens is 545 g/mol. The van der Waals surface area contributed by atoms with Gasteiger partial charge in [-0.05, 0) is 61.0 Å². The van der Waals surface area contributed by atoms with Crippen LogP contribution in [0.4, 0.5) is 0 Å². The maximum absolute atomic E-state index is 13.5. The van der Waals surface area contributed by atoms with Crippen molar-refractivity contribution in [2.24, 2.45) is 5.10 Å². The van der Waals surface area contributed by atoms with Crippen molar-refractivity contribution >= 4 is 57.3 Å². The van der Waals surface area contributed by atoms with Crippen molar-refractivity contribution < 1.29 is 23.4 Å². The van der Waals surface area contributed by atoms with Crippen LogP contribution in [0.1, 0.15) is 12.5 Å². The number of esters is 1. The zero-order valence-electron chi connectivity index (χ0n) is 21.0. The van der Waals surface area contributed by atoms with Crippen LogP contribution >= 0.6 is 23.2 Å². The van der Waals surface area contributed by atoms with E-state index in [0.29, 0.717) is 32.8 Å². The molecule has 5 rings (SSSR count). The molecule has 0 aliphatic heterocycles. The number of hydrogen-bond donors (Lipinski definition) is 0. The van der Waals surface area contributed by atoms with Gasteiger partial charge < -0.3 is 18.6 Å². The lowest BCUT2D eigenvalue weighted by Crippen LogP contribution is -2.25. The molecule has 0 amide bonds. The predicted octanol–water partition coefficient (Wildman–Crippen LogP) is 5.95. The number of para-hydroxylation sites is 1. The summed E-state index contributed by atoms with van der Waals surface area (Å²) in [7, 11) is 2.70. The van der Waals surface area contributed by atoms with Crippen LogP contribution in [0.3, 0.4) is 0 Å². The molecule has 0 bridgehead atoms. The lowest BCUT2D eigenvalue weighted by atomic mass is 10.2. The maximum Gasteiger partial charge on any atom is 0.346 e. The molecule has 0 saturated heterocycles. The smallest absolute Gasteiger partial charge is 0.346 e. The SMILES string of the molecule is COC(=O)[C@H](C)Oc1c(Cl)cc(C=Nn2c(-c3cc4cc(Cl)ccc4o3)nc3ccccc3c2=O)cc1OC. The minimum atomic E-state index is -0.913. The lowest BCUT2D eigenvalue weighted by Gasteiger charge is -2.16. The van der Waals surface area contributed by atoms with Gasteiger partial charge in [0.05, 0.1) is 36.4 Å². The van der Waals surface area contributed by atoms with Crippen LogP contribution in [-0.4, -0.2) is 42.2 Å². The molecule has 2 aromatic heterocycles. The fourth-order valence-electron chi connectivity index (χ4n) is 3.96. The Labute approximate surface area is 232 Å². The van der Waals surface area contributed by atoms with Gasteiger partial charge in [0, 0.05) is 10.4 Å². The van der Waals surface area contributed by atoms with E-state index in [4.69, 9.17) is 41.8 Å². The highest BCUT2D eigenvalue weighted by Gasteiger charge is 2.21. The monoisotopic (exact) mass is 565 g/mol. The van der Waals surface area contributed by atoms with E-state index < -0.39 is 17.6 Å². The van der Waals surface area contributed by atoms with E-state index in [-0.39, 0.29) is 22.3 Å². The Bertz CT molecular complexity index is 1810. The van der Waals surface area contributed by atoms with E-state index in [0.717, 1.165) is 10.1 Å². The number of carbonyl (C=O) groups excluding carboxylic acids is 1. The molecule has 0 N–H and O–H groups in total. The first-order valence-corrected chi connectivity index (χ1v) is 12.4. The van der Waals surface area contributed by atoms with Crippen molar-refractivity contribution in [2.45, 2.75) is 13.0 Å². The molecular formula is C28H21Cl2N3O6. The Hall–Kier alpha value is -4.34. The van der Waals surface area contributed by atoms with Gasteiger partial charge in [-0.2, -0.15) is 9.78 Å². The molecule has 5 aromatic rings. The van der Waals surface area contributed by atoms with E-state index in [1.165, 1.54) is 27.4 Å². The summed E-state index contributed by atoms with van der Waals surface area (Å²) in [5.41, 5.74) is 1.18. The molecule has 2 heterocycles. The van der Waals surface area contributed by atoms with Crippen molar-refractivity contribution in [2.75, 3.05) is 14.2 Å². The van der Waals surface area contributed by atoms with Gasteiger partial charge in [-0.15, -0.1) is 0 Å². The highest BCUT2D eigenvalue weighted by molar-refractivity contribution is 6.32. The summed E-state index contributed by atoms with van der Waals surface area (Å²) in [5, 5.41) is 6.30. The summed E-state index contributed by atoms with van der Waals surface area (Å²) >= 11 is 12.6. The number of methoxy groups -OCH3 is 2. The fourth-order valence-corrected chi connectivity index (χ4v) is 4.40. The van der Waals surface area contributed by atoms with Crippen molar-refractivity contribution in [1.82, 2.24) is 9.66 Å². The van der Waals surface area contributed by atoms with Crippen molar-refractivity contribution in [3.05, 3.63) is 86.6 Å². The summed E-state index contributed by atoms with van der Waals surface area (Å²) in [4.78, 5) is 30.0. The summed E-state index contributed by atoms with van der Waals surface area (Å²) in [6.07, 6.45) is 0.521. The minimum absolute atomic E-state index is 0.167. The average Bonchev–Trinajstić information content (AvgIpc) is 3.36. The first-order valence-electron chi connectivity index (χ1n) is 11.7. The number of furan rings is 1. The molecule has 0 saturated carbocycles. The number of benzene rings is 3. The molecule has 0 fully saturated rings. The third-order valence-corrected chi connectivity index (χ3v) is 6.37. The zero-order chi connectivity index (χ0) is 27.7. The van der Waals surface area contributed by atoms with Crippen LogP contribution in [0, 0.1) is 0 Å². The molecule has 39 heavy (non-hydrogen) atoms. The molecule has 0 aliphatic carbocycles. The van der Waals surface area contributed by atoms with E-state index in [2.05, 4.69) is 10.1 Å². The summed E-state index contributed by atoms with van der Waals surface area (Å²) < 4.78 is 22.9. The Balaban J connectivity index is 1.61. The van der Waals surface area contributed by atoms with Gasteiger partial charge in [0.2, 0.25) is 5.82 Å². The van der Waals surface area contributed by atoms with Gasteiger partial charge in [0.25, 0.3) is 5.56 Å². The molecule has 1 atom stereocenters. The second-order valence-corrected chi connectivity index (χ2v) is 9.27. The van der Waals surface area contributed by atoms with Gasteiger partial charge in [0.1, 0.15) is 5.58 Å². The number of hydrogen-bond acceptors (Lipinski definition) is 8. The minimum Gasteiger partial charge on any atom is -0.493 e. The standard InChI is InChI=1S/C28H21Cl2N3O6/c1-15(28(35)37-3)38-25-20(30)10-16(11-23(25)36-2)14-31-33-26(32-21-7-5-4-6-19(21)27(33)34)24-13-17-12-18(29)8-9-22(17)39-24/h4-15H,1-3H3/t15-/m0/s1. The van der Waals surface area contributed by atoms with Crippen molar-refractivity contribution in [3.63, 3.8) is 0 Å². The maximum atomic E-state index is 13.5. The number of carbonyl (C=O) groups is 1. The van der Waals surface area contributed by atoms with Crippen LogP contribution in [0.15, 0.2) is 75.0 Å². The summed E-state index contributed by atoms with van der Waals surface area (Å²) in [6, 6.07) is 17.1. The van der Waals surface area contributed by atoms with E-state index in [1.807, 2.05) is 0 Å². The Kier molecular flexibility index (Phi) is 7.28. The first kappa shape index (κ1) is 26.3. The third kappa shape index (κ3) is 5.19. The van der Waals surface area contributed by atoms with Gasteiger partial charge in [0.15, 0.2) is 23.4 Å². The summed E-state index contributed by atoms with van der Waals surface area (Å²) in [5.74, 6) is 0.399. The molecule has 11 heteroatoms. The van der Waals surface area contributed by atoms with Crippen LogP contribution in [0.2, 0.25) is 10.0 Å². The normalized spacial score (nSPS) is 12.2. The number of halogens is 2. The highest BCUT2D eigenvalue weighted by Crippen LogP contribution is 2.37. The molecule has 0 unspecified atom stereocenters. The van der Waals surface area contributed by atoms with Crippen molar-refractivity contribution in [3.8, 4) is 23.1 Å². The number of ether oxygens (including phenoxy) is 3. The first-order chi connectivity index (χ1) is 18.8. The molecule has 9 nitrogen and oxygen atoms in total. The van der Waals surface area contributed by atoms with Gasteiger partial charge in [-0.3, -0.25) is 4.79 Å². The second kappa shape index (κ2) is 10.8. The quantitative estimate of drug-likeness (QED) is 0.177. The number of rotatable bonds is 7. The van der Waals surface area contributed by atoms with Crippen LogP contribution in [-0.2, 0) is 9.53 Å². The van der Waals surface area contributed by atoms with E-state index in [1.54, 1.807) is 60.7 Å². The van der Waals surface area contributed by atoms with Gasteiger partial charge >= 0.3 is 5.97 Å². The molecule has 198 valence electrons. The number of nitrogens with zero attached hydrogens (tertiary/aromatic N) is 3. The highest BCUT2D eigenvalue weighted by atomic mass is 35.5. The Morgan fingerprint density at radius 2 is 1.90 bits per heavy atom. The molecule has 0 spiro atoms. The van der Waals surface area contributed by atoms with Crippen LogP contribution < -0.4 is 15.0 Å². The second-order valence-electron chi connectivity index (χ2n) is 8.42. The van der Waals surface area contributed by atoms with Crippen molar-refractivity contribution in [1.29, 1.82) is 0 Å². The fraction of sp³-hybridized carbons (Fsp3) is 0.143. The topological polar surface area (TPSA) is 105 Å². The summed E-state index contributed by atoms with van der Waals surface area (Å²) in [6.45, 7) is 1.53. The van der Waals surface area contributed by atoms with Crippen LogP contribution in [0.5, 0.6) is 11.5 Å². The van der Waals surface area contributed by atoms with E-state index >= 15 is 0 Å². The lowest BCUT2D eigenvalue weighted by molar-refractivity contribution is -0.147. The molecule has 0 radical (unpaired) electrons. The predicted molar refractivity (Wildman–Crippen MR) is 149 cm³/mol. The largest absolute Gasteiger partial charge is 0.493 e. The van der Waals surface area contributed by atoms with Crippen LogP contribution in [0.25, 0.3) is 33.5 Å². The number of fused-ring (bicyclic) bond motifs is 2. The average molecular weight is 566 g/mol. The Morgan fingerprint density at radius 1 is 1.10 bits per heavy atom. The van der Waals surface area contributed by atoms with E-state index in [9.17, 15) is 9.59 Å². The molecule has 3 aromatic carbocycles. The van der Waals surface area contributed by atoms with Gasteiger partial charge in [-0.1, -0.05) is 35.3 Å². The number of aromatic nitrogens is 2. The van der Waals surface area contributed by atoms with Gasteiger partial charge in [-0.25, -0.2) is 9.78 Å². The zero-order valence-corrected chi connectivity index (χ0v) is 22.5. The third-order valence-electron chi connectivity index (χ3n) is 5.85. The Morgan fingerprint density at radius 3 is 2.67 bits per heavy atom. The molecule has 0 aliphatic rings.